The van der Waals surface area contributed by atoms with E-state index in [1.807, 2.05) is 107 Å². The van der Waals surface area contributed by atoms with Gasteiger partial charge in [0.25, 0.3) is 6.33 Å². The van der Waals surface area contributed by atoms with Gasteiger partial charge in [-0.25, -0.2) is 4.98 Å². The SMILES string of the molecule is [2H]c1c([2H])c([2H])c([Si](c2c([2H])c([2H])c([2H])c([2H])c2[2H])(c2c([2H])c([2H])c([2H])c([2H])c2[2H])c2c([2H])c([2H])c([2H])c(-c3cccc(-c4c([2H])c(C(C)(C)C)c([2H])c(C(C)(C)C)c4[2H])c3-[n+]3[c-]n(-c4[c-]c(Oc5[c-]c6c(cc5)c5ccccc5n6-c5cc(C(C)(C)C)ccn5)ccc4)c4cc5oc6ccccc6c5cc43)c2[2H])c([2H])c1[2H].[Pt]. The number of hydrogen-bond acceptors (Lipinski definition) is 3. The quantitative estimate of drug-likeness (QED) is 0.0561. The summed E-state index contributed by atoms with van der Waals surface area (Å²) >= 11 is 0. The second-order valence-electron chi connectivity index (χ2n) is 25.5. The van der Waals surface area contributed by atoms with Crippen LogP contribution in [0.2, 0.25) is 0 Å². The molecule has 0 unspecified atom stereocenters. The van der Waals surface area contributed by atoms with Crippen LogP contribution in [0.4, 0.5) is 0 Å². The summed E-state index contributed by atoms with van der Waals surface area (Å²) < 4.78 is 233. The van der Waals surface area contributed by atoms with Gasteiger partial charge in [-0.1, -0.05) is 255 Å². The van der Waals surface area contributed by atoms with Crippen molar-refractivity contribution in [2.75, 3.05) is 0 Å². The molecule has 0 bridgehead atoms. The summed E-state index contributed by atoms with van der Waals surface area (Å²) in [7, 11) is -6.41. The number of para-hydroxylation sites is 3. The Bertz CT molecular complexity index is 6380. The first-order chi connectivity index (χ1) is 53.2. The molecular weight excluding hydrogens is 1320 g/mol. The van der Waals surface area contributed by atoms with Gasteiger partial charge >= 0.3 is 0 Å². The van der Waals surface area contributed by atoms with Gasteiger partial charge in [-0.2, -0.15) is 18.2 Å². The van der Waals surface area contributed by atoms with E-state index in [4.69, 9.17) is 18.3 Å². The summed E-state index contributed by atoms with van der Waals surface area (Å²) in [6.07, 6.45) is 5.34. The Balaban J connectivity index is 0.0000108. The monoisotopic (exact) mass is 1410 g/mol. The van der Waals surface area contributed by atoms with Crippen LogP contribution in [0, 0.1) is 18.5 Å². The standard InChI is InChI=1S/C84H70N4O2Si.Pt/c1-82(2,3)58-44-45-85-80(50-58)88-74-40-21-19-36-70(74)71-43-42-63(52-75(71)88)89-62-28-24-27-61(51-62)86-55-87(76-53-73-72-37-20-22-41-78(72)90-79(73)54-77(76)86)81-68(38-25-39-69(81)57-46-59(83(4,5)6)49-60(47-57)84(7,8)9)56-26-23-35-67(48-56)91(64-29-13-10-14-30-64,65-31-15-11-16-32-65)66-33-17-12-18-34-66;/h10-50,53-54H,1-9H3;/q-2;/i10D,11D,12D,13D,14D,15D,16D,17D,18D,23D,26D,29D,30D,31D,32D,33D,34D,35D,46D,47D,48D,49D;. The molecule has 0 atom stereocenters. The second-order valence-corrected chi connectivity index (χ2v) is 29.0. The Morgan fingerprint density at radius 3 is 1.75 bits per heavy atom. The van der Waals surface area contributed by atoms with E-state index in [2.05, 4.69) is 45.3 Å². The molecule has 15 rings (SSSR count). The number of fused-ring (bicyclic) bond motifs is 7. The summed E-state index contributed by atoms with van der Waals surface area (Å²) in [6, 6.07) is 21.7. The van der Waals surface area contributed by atoms with Crippen LogP contribution in [0.3, 0.4) is 0 Å². The number of hydrogen-bond donors (Lipinski definition) is 0. The van der Waals surface area contributed by atoms with Gasteiger partial charge in [0.05, 0.1) is 46.9 Å². The Morgan fingerprint density at radius 1 is 0.489 bits per heavy atom. The molecule has 0 amide bonds. The smallest absolute Gasteiger partial charge is 0.268 e. The third-order valence-electron chi connectivity index (χ3n) is 16.4. The first-order valence-electron chi connectivity index (χ1n) is 40.7. The minimum Gasteiger partial charge on any atom is -0.510 e. The van der Waals surface area contributed by atoms with E-state index in [-0.39, 0.29) is 95.1 Å². The molecular formula is C84H70N4O2PtSi-2. The average Bonchev–Trinajstić information content (AvgIpc) is 0.992. The molecule has 0 saturated heterocycles. The normalized spacial score (nSPS) is 15.7. The van der Waals surface area contributed by atoms with E-state index >= 15 is 0 Å². The van der Waals surface area contributed by atoms with Crippen molar-refractivity contribution in [2.24, 2.45) is 0 Å². The zero-order valence-electron chi connectivity index (χ0n) is 73.5. The summed E-state index contributed by atoms with van der Waals surface area (Å²) in [5, 5.41) is -1.00. The van der Waals surface area contributed by atoms with Crippen LogP contribution in [-0.4, -0.2) is 22.2 Å². The van der Waals surface area contributed by atoms with E-state index < -0.39 is 160 Å². The predicted octanol–water partition coefficient (Wildman–Crippen LogP) is 18.1. The summed E-state index contributed by atoms with van der Waals surface area (Å²) in [6.45, 7) is 17.4. The van der Waals surface area contributed by atoms with Gasteiger partial charge in [-0.15, -0.1) is 29.7 Å². The van der Waals surface area contributed by atoms with Crippen molar-refractivity contribution >= 4 is 83.6 Å². The van der Waals surface area contributed by atoms with Gasteiger partial charge < -0.3 is 18.3 Å². The number of aromatic nitrogens is 4. The minimum atomic E-state index is -6.41. The number of rotatable bonds is 11. The van der Waals surface area contributed by atoms with Crippen molar-refractivity contribution in [3.63, 3.8) is 0 Å². The van der Waals surface area contributed by atoms with Gasteiger partial charge in [0.1, 0.15) is 17.0 Å². The molecule has 8 heteroatoms. The minimum absolute atomic E-state index is 0. The molecule has 0 aliphatic rings. The molecule has 0 radical (unpaired) electrons. The van der Waals surface area contributed by atoms with Gasteiger partial charge in [0, 0.05) is 55.1 Å². The average molecular weight is 1410 g/mol. The van der Waals surface area contributed by atoms with Crippen molar-refractivity contribution in [1.82, 2.24) is 14.1 Å². The molecule has 4 heterocycles. The molecule has 15 aromatic rings. The Morgan fingerprint density at radius 2 is 1.09 bits per heavy atom. The first kappa shape index (κ1) is 39.6. The fourth-order valence-corrected chi connectivity index (χ4v) is 15.4. The molecule has 11 aromatic carbocycles. The van der Waals surface area contributed by atoms with E-state index in [0.29, 0.717) is 44.5 Å². The van der Waals surface area contributed by atoms with Crippen molar-refractivity contribution in [1.29, 1.82) is 0 Å². The number of furan rings is 1. The molecule has 0 fully saturated rings. The number of pyridine rings is 1. The van der Waals surface area contributed by atoms with Gasteiger partial charge in [-0.05, 0) is 123 Å². The first-order valence-corrected chi connectivity index (χ1v) is 31.7. The van der Waals surface area contributed by atoms with Crippen molar-refractivity contribution < 1.29 is 64.9 Å². The van der Waals surface area contributed by atoms with Crippen molar-refractivity contribution in [3.8, 4) is 50.9 Å². The Labute approximate surface area is 585 Å². The molecule has 0 spiro atoms. The van der Waals surface area contributed by atoms with Crippen LogP contribution < -0.4 is 30.1 Å². The Hall–Kier alpha value is -9.65. The molecule has 0 aliphatic carbocycles. The molecule has 6 nitrogen and oxygen atoms in total. The van der Waals surface area contributed by atoms with Crippen molar-refractivity contribution in [2.45, 2.75) is 78.6 Å². The zero-order valence-corrected chi connectivity index (χ0v) is 54.8. The van der Waals surface area contributed by atoms with E-state index in [1.165, 1.54) is 12.1 Å². The maximum atomic E-state index is 11.2. The molecule has 0 N–H and O–H groups in total. The molecule has 4 aromatic heterocycles. The van der Waals surface area contributed by atoms with Crippen LogP contribution in [0.5, 0.6) is 11.5 Å². The van der Waals surface area contributed by atoms with Crippen LogP contribution in [0.25, 0.3) is 94.2 Å². The van der Waals surface area contributed by atoms with Crippen LogP contribution in [0.1, 0.15) is 109 Å². The number of ether oxygens (including phenoxy) is 1. The third kappa shape index (κ3) is 10.5. The number of benzene rings is 11. The third-order valence-corrected chi connectivity index (χ3v) is 20.4. The van der Waals surface area contributed by atoms with E-state index in [0.717, 1.165) is 21.9 Å². The van der Waals surface area contributed by atoms with Crippen LogP contribution >= 0.6 is 0 Å². The van der Waals surface area contributed by atoms with E-state index in [9.17, 15) is 26.0 Å². The summed E-state index contributed by atoms with van der Waals surface area (Å²) in [4.78, 5) is 4.86. The molecule has 454 valence electrons. The summed E-state index contributed by atoms with van der Waals surface area (Å²) in [5.74, 6) is 1.18. The van der Waals surface area contributed by atoms with Crippen LogP contribution in [0.15, 0.2) is 265 Å². The van der Waals surface area contributed by atoms with Crippen molar-refractivity contribution in [3.05, 3.63) is 296 Å². The van der Waals surface area contributed by atoms with Gasteiger partial charge in [-0.3, -0.25) is 4.57 Å². The summed E-state index contributed by atoms with van der Waals surface area (Å²) in [5.41, 5.74) is 1.69. The van der Waals surface area contributed by atoms with Gasteiger partial charge in [0.15, 0.2) is 8.07 Å². The molecule has 0 aliphatic heterocycles. The zero-order chi connectivity index (χ0) is 81.5. The fourth-order valence-electron chi connectivity index (χ4n) is 11.9. The molecule has 92 heavy (non-hydrogen) atoms. The number of imidazole rings is 1. The fraction of sp³-hybridized carbons (Fsp3) is 0.143. The Kier molecular flexibility index (Phi) is 9.99. The molecule has 0 saturated carbocycles. The predicted molar refractivity (Wildman–Crippen MR) is 378 cm³/mol. The van der Waals surface area contributed by atoms with Gasteiger partial charge in [0.2, 0.25) is 0 Å². The maximum Gasteiger partial charge on any atom is 0.268 e. The van der Waals surface area contributed by atoms with Crippen LogP contribution in [-0.2, 0) is 37.3 Å². The maximum absolute atomic E-state index is 11.2. The largest absolute Gasteiger partial charge is 0.510 e. The topological polar surface area (TPSA) is 49.0 Å². The van der Waals surface area contributed by atoms with E-state index in [1.54, 1.807) is 57.8 Å². The number of nitrogens with zero attached hydrogens (tertiary/aromatic N) is 4. The second kappa shape index (κ2) is 23.2.